The Labute approximate surface area is 265 Å². The molecule has 43 heavy (non-hydrogen) atoms. The third kappa shape index (κ3) is 6.73. The number of benzene rings is 3. The average Bonchev–Trinajstić information content (AvgIpc) is 3.38. The number of hydrogen-bond donors (Lipinski definition) is 0. The topological polar surface area (TPSA) is 0 Å². The van der Waals surface area contributed by atoms with Gasteiger partial charge in [0, 0.05) is 0 Å². The van der Waals surface area contributed by atoms with E-state index in [4.69, 9.17) is 0 Å². The second kappa shape index (κ2) is 13.2. The van der Waals surface area contributed by atoms with Crippen LogP contribution < -0.4 is 15.6 Å². The van der Waals surface area contributed by atoms with Crippen LogP contribution in [0.4, 0.5) is 0 Å². The molecule has 0 nitrogen and oxygen atoms in total. The van der Waals surface area contributed by atoms with Crippen LogP contribution in [-0.2, 0) is 0 Å². The van der Waals surface area contributed by atoms with Gasteiger partial charge >= 0.3 is 0 Å². The van der Waals surface area contributed by atoms with Crippen LogP contribution in [0.25, 0.3) is 0 Å². The maximum atomic E-state index is 2.62. The van der Waals surface area contributed by atoms with Crippen molar-refractivity contribution in [2.45, 2.75) is 132 Å². The molecule has 230 valence electrons. The summed E-state index contributed by atoms with van der Waals surface area (Å²) in [5.74, 6) is 2.85. The first-order valence-corrected chi connectivity index (χ1v) is 19.0. The summed E-state index contributed by atoms with van der Waals surface area (Å²) in [5, 5.41) is 6.31. The van der Waals surface area contributed by atoms with Crippen molar-refractivity contribution in [2.24, 2.45) is 0 Å². The second-order valence-corrected chi connectivity index (χ2v) is 19.0. The van der Waals surface area contributed by atoms with Gasteiger partial charge < -0.3 is 0 Å². The molecule has 3 aromatic carbocycles. The Hall–Kier alpha value is -2.64. The molecule has 0 amide bonds. The zero-order valence-corrected chi connectivity index (χ0v) is 30.5. The van der Waals surface area contributed by atoms with Crippen molar-refractivity contribution in [3.05, 3.63) is 111 Å². The van der Waals surface area contributed by atoms with Gasteiger partial charge in [-0.05, 0) is 97.8 Å². The summed E-state index contributed by atoms with van der Waals surface area (Å²) in [4.78, 5) is 0. The number of rotatable bonds is 10. The minimum absolute atomic E-state index is 0.475. The lowest BCUT2D eigenvalue weighted by Crippen LogP contribution is -2.69. The average molecular weight is 591 g/mol. The standard InChI is InChI=1S/C42H58Si/c1-26(2)33-17-34(27(3)4)21-40(20-33)43(39-15-14-32(13)16-39,41-22-35(28(5)6)18-36(23-41)29(7)8)42-24-37(30(9)10)19-38(25-42)31(11)12/h14,16-31H,15H2,1-13H3. The van der Waals surface area contributed by atoms with E-state index in [1.807, 2.05) is 0 Å². The fraction of sp³-hybridized carbons (Fsp3) is 0.476. The summed E-state index contributed by atoms with van der Waals surface area (Å²) in [6.45, 7) is 30.6. The van der Waals surface area contributed by atoms with Crippen LogP contribution in [0.3, 0.4) is 0 Å². The molecule has 0 bridgehead atoms. The minimum Gasteiger partial charge on any atom is -0.0779 e. The lowest BCUT2D eigenvalue weighted by atomic mass is 9.95. The second-order valence-electron chi connectivity index (χ2n) is 15.2. The fourth-order valence-electron chi connectivity index (χ4n) is 6.66. The highest BCUT2D eigenvalue weighted by molar-refractivity contribution is 7.16. The molecule has 3 aromatic rings. The van der Waals surface area contributed by atoms with E-state index in [0.29, 0.717) is 35.5 Å². The van der Waals surface area contributed by atoms with Gasteiger partial charge in [-0.3, -0.25) is 0 Å². The maximum absolute atomic E-state index is 2.69. The van der Waals surface area contributed by atoms with Crippen LogP contribution in [0.15, 0.2) is 77.5 Å². The van der Waals surface area contributed by atoms with Gasteiger partial charge in [-0.1, -0.05) is 161 Å². The summed E-state index contributed by atoms with van der Waals surface area (Å²) in [5.41, 5.74) is 10.2. The van der Waals surface area contributed by atoms with E-state index in [9.17, 15) is 0 Å². The summed E-state index contributed by atoms with van der Waals surface area (Å²) in [6, 6.07) is 23.2. The quantitative estimate of drug-likeness (QED) is 0.163. The van der Waals surface area contributed by atoms with Crippen molar-refractivity contribution in [1.29, 1.82) is 0 Å². The first-order valence-electron chi connectivity index (χ1n) is 17.0. The molecular formula is C42H58Si. The first kappa shape index (κ1) is 33.3. The molecule has 0 radical (unpaired) electrons. The predicted octanol–water partition coefficient (Wildman–Crippen LogP) is 10.7. The Morgan fingerprint density at radius 2 is 0.674 bits per heavy atom. The number of hydrogen-bond acceptors (Lipinski definition) is 0. The third-order valence-corrected chi connectivity index (χ3v) is 14.5. The van der Waals surface area contributed by atoms with E-state index < -0.39 is 8.07 Å². The smallest absolute Gasteiger partial charge is 0.0779 e. The van der Waals surface area contributed by atoms with Crippen molar-refractivity contribution < 1.29 is 0 Å². The Morgan fingerprint density at radius 1 is 0.419 bits per heavy atom. The van der Waals surface area contributed by atoms with Crippen LogP contribution in [0.2, 0.25) is 0 Å². The maximum Gasteiger partial charge on any atom is 0.176 e. The summed E-state index contributed by atoms with van der Waals surface area (Å²) < 4.78 is 0. The molecule has 0 aliphatic heterocycles. The van der Waals surface area contributed by atoms with Gasteiger partial charge in [0.25, 0.3) is 0 Å². The Kier molecular flexibility index (Phi) is 10.2. The zero-order chi connectivity index (χ0) is 31.8. The molecule has 1 aliphatic carbocycles. The van der Waals surface area contributed by atoms with Gasteiger partial charge in [0.15, 0.2) is 8.07 Å². The van der Waals surface area contributed by atoms with E-state index in [1.165, 1.54) is 39.0 Å². The molecule has 0 atom stereocenters. The van der Waals surface area contributed by atoms with Gasteiger partial charge in [0.1, 0.15) is 0 Å². The summed E-state index contributed by atoms with van der Waals surface area (Å²) in [7, 11) is -2.69. The molecular weight excluding hydrogens is 533 g/mol. The van der Waals surface area contributed by atoms with Crippen LogP contribution in [0, 0.1) is 0 Å². The molecule has 1 heteroatoms. The lowest BCUT2D eigenvalue weighted by molar-refractivity contribution is 0.834. The van der Waals surface area contributed by atoms with Crippen molar-refractivity contribution in [3.8, 4) is 0 Å². The molecule has 0 N–H and O–H groups in total. The first-order chi connectivity index (χ1) is 20.1. The largest absolute Gasteiger partial charge is 0.176 e. The van der Waals surface area contributed by atoms with E-state index in [1.54, 1.807) is 20.8 Å². The van der Waals surface area contributed by atoms with Crippen molar-refractivity contribution in [2.75, 3.05) is 0 Å². The van der Waals surface area contributed by atoms with Crippen molar-refractivity contribution in [3.63, 3.8) is 0 Å². The molecule has 0 unspecified atom stereocenters. The van der Waals surface area contributed by atoms with Crippen LogP contribution in [-0.4, -0.2) is 8.07 Å². The van der Waals surface area contributed by atoms with Gasteiger partial charge in [-0.25, -0.2) is 0 Å². The third-order valence-electron chi connectivity index (χ3n) is 9.76. The molecule has 4 rings (SSSR count). The van der Waals surface area contributed by atoms with Crippen molar-refractivity contribution >= 4 is 23.6 Å². The Morgan fingerprint density at radius 3 is 0.860 bits per heavy atom. The van der Waals surface area contributed by atoms with Gasteiger partial charge in [0.2, 0.25) is 0 Å². The lowest BCUT2D eigenvalue weighted by Gasteiger charge is -2.38. The predicted molar refractivity (Wildman–Crippen MR) is 195 cm³/mol. The normalized spacial score (nSPS) is 14.2. The molecule has 0 spiro atoms. The summed E-state index contributed by atoms with van der Waals surface area (Å²) >= 11 is 0. The zero-order valence-electron chi connectivity index (χ0n) is 29.5. The summed E-state index contributed by atoms with van der Waals surface area (Å²) in [6.07, 6.45) is 6.07. The van der Waals surface area contributed by atoms with Crippen LogP contribution >= 0.6 is 0 Å². The molecule has 0 saturated carbocycles. The van der Waals surface area contributed by atoms with E-state index in [2.05, 4.69) is 157 Å². The molecule has 0 heterocycles. The molecule has 1 aliphatic rings. The highest BCUT2D eigenvalue weighted by Gasteiger charge is 2.45. The molecule has 0 fully saturated rings. The van der Waals surface area contributed by atoms with Gasteiger partial charge in [-0.2, -0.15) is 0 Å². The van der Waals surface area contributed by atoms with Crippen LogP contribution in [0.1, 0.15) is 165 Å². The van der Waals surface area contributed by atoms with Crippen LogP contribution in [0.5, 0.6) is 0 Å². The van der Waals surface area contributed by atoms with Crippen molar-refractivity contribution in [1.82, 2.24) is 0 Å². The SMILES string of the molecule is CC1=CCC([Si](c2cc(C(C)C)cc(C(C)C)c2)(c2cc(C(C)C)cc(C(C)C)c2)c2cc(C(C)C)cc(C(C)C)c2)=C1. The fourth-order valence-corrected chi connectivity index (χ4v) is 11.9. The Balaban J connectivity index is 2.31. The monoisotopic (exact) mass is 590 g/mol. The van der Waals surface area contributed by atoms with E-state index in [0.717, 1.165) is 6.42 Å². The molecule has 0 saturated heterocycles. The van der Waals surface area contributed by atoms with E-state index in [-0.39, 0.29) is 0 Å². The number of allylic oxidation sites excluding steroid dienone is 4. The Bertz CT molecular complexity index is 1270. The highest BCUT2D eigenvalue weighted by Crippen LogP contribution is 2.33. The highest BCUT2D eigenvalue weighted by atomic mass is 28.3. The molecule has 0 aromatic heterocycles. The van der Waals surface area contributed by atoms with Gasteiger partial charge in [0.05, 0.1) is 0 Å². The van der Waals surface area contributed by atoms with Gasteiger partial charge in [-0.15, -0.1) is 0 Å². The van der Waals surface area contributed by atoms with E-state index >= 15 is 0 Å². The minimum atomic E-state index is -2.69.